The van der Waals surface area contributed by atoms with Crippen LogP contribution in [0.5, 0.6) is 0 Å². The molecule has 4 heterocycles. The first-order chi connectivity index (χ1) is 16.0. The van der Waals surface area contributed by atoms with Crippen LogP contribution in [0.4, 0.5) is 11.9 Å². The molecule has 9 nitrogen and oxygen atoms in total. The summed E-state index contributed by atoms with van der Waals surface area (Å²) in [4.78, 5) is 13.7. The maximum Gasteiger partial charge on any atom is 0.246 e. The first kappa shape index (κ1) is 22.2. The van der Waals surface area contributed by atoms with Gasteiger partial charge >= 0.3 is 0 Å². The molecular weight excluding hydrogens is 442 g/mol. The number of H-pyrrole nitrogens is 1. The van der Waals surface area contributed by atoms with E-state index in [0.29, 0.717) is 30.4 Å². The van der Waals surface area contributed by atoms with Crippen molar-refractivity contribution in [2.45, 2.75) is 51.3 Å². The van der Waals surface area contributed by atoms with E-state index in [-0.39, 0.29) is 12.1 Å². The van der Waals surface area contributed by atoms with Crippen molar-refractivity contribution >= 4 is 23.5 Å². The molecule has 33 heavy (non-hydrogen) atoms. The van der Waals surface area contributed by atoms with Crippen molar-refractivity contribution in [3.8, 4) is 0 Å². The monoisotopic (exact) mass is 471 g/mol. The number of anilines is 2. The van der Waals surface area contributed by atoms with E-state index in [1.807, 2.05) is 26.0 Å². The van der Waals surface area contributed by atoms with Gasteiger partial charge in [0, 0.05) is 36.7 Å². The Morgan fingerprint density at radius 1 is 1.15 bits per heavy atom. The minimum absolute atomic E-state index is 0.162. The number of nitrogens with zero attached hydrogens (tertiary/aromatic N) is 5. The second-order valence-electron chi connectivity index (χ2n) is 8.94. The molecule has 0 bridgehead atoms. The quantitative estimate of drug-likeness (QED) is 0.583. The van der Waals surface area contributed by atoms with E-state index in [4.69, 9.17) is 26.5 Å². The number of piperidine rings is 1. The van der Waals surface area contributed by atoms with Crippen LogP contribution in [0.1, 0.15) is 41.9 Å². The zero-order valence-corrected chi connectivity index (χ0v) is 19.8. The number of benzene rings is 1. The Kier molecular flexibility index (Phi) is 6.27. The molecule has 2 aromatic heterocycles. The van der Waals surface area contributed by atoms with Crippen molar-refractivity contribution < 1.29 is 9.15 Å². The topological polar surface area (TPSA) is 109 Å². The predicted octanol–water partition coefficient (Wildman–Crippen LogP) is 3.30. The molecule has 2 saturated heterocycles. The van der Waals surface area contributed by atoms with Gasteiger partial charge < -0.3 is 19.8 Å². The maximum atomic E-state index is 6.28. The second kappa shape index (κ2) is 9.32. The average Bonchev–Trinajstić information content (AvgIpc) is 3.41. The van der Waals surface area contributed by atoms with E-state index < -0.39 is 0 Å². The summed E-state index contributed by atoms with van der Waals surface area (Å²) in [5.74, 6) is 2.55. The number of nitrogens with two attached hydrogens (primary N) is 1. The molecule has 176 valence electrons. The third-order valence-corrected chi connectivity index (χ3v) is 7.00. The van der Waals surface area contributed by atoms with Crippen LogP contribution in [-0.4, -0.2) is 63.4 Å². The number of nitrogen functional groups attached to an aromatic ring is 1. The summed E-state index contributed by atoms with van der Waals surface area (Å²) in [6.45, 7) is 7.07. The number of nitrogens with one attached hydrogen (secondary N) is 1. The van der Waals surface area contributed by atoms with Crippen molar-refractivity contribution in [2.24, 2.45) is 0 Å². The van der Waals surface area contributed by atoms with Crippen LogP contribution in [0.3, 0.4) is 0 Å². The van der Waals surface area contributed by atoms with E-state index in [0.717, 1.165) is 55.4 Å². The van der Waals surface area contributed by atoms with Crippen LogP contribution in [0.15, 0.2) is 28.7 Å². The summed E-state index contributed by atoms with van der Waals surface area (Å²) in [5, 5.41) is 7.70. The number of aromatic amines is 1. The Morgan fingerprint density at radius 3 is 2.55 bits per heavy atom. The van der Waals surface area contributed by atoms with Gasteiger partial charge in [0.25, 0.3) is 0 Å². The Labute approximate surface area is 198 Å². The van der Waals surface area contributed by atoms with Crippen LogP contribution in [-0.2, 0) is 11.2 Å². The van der Waals surface area contributed by atoms with Gasteiger partial charge in [-0.15, -0.1) is 5.10 Å². The maximum absolute atomic E-state index is 6.28. The minimum Gasteiger partial charge on any atom is -0.443 e. The van der Waals surface area contributed by atoms with Crippen molar-refractivity contribution in [1.29, 1.82) is 0 Å². The summed E-state index contributed by atoms with van der Waals surface area (Å²) in [7, 11) is 0. The summed E-state index contributed by atoms with van der Waals surface area (Å²) >= 11 is 6.09. The number of hydrogen-bond donors (Lipinski definition) is 2. The van der Waals surface area contributed by atoms with Gasteiger partial charge in [0.1, 0.15) is 11.9 Å². The molecule has 0 radical (unpaired) electrons. The smallest absolute Gasteiger partial charge is 0.246 e. The lowest BCUT2D eigenvalue weighted by Gasteiger charge is -2.46. The van der Waals surface area contributed by atoms with E-state index in [1.165, 1.54) is 5.56 Å². The van der Waals surface area contributed by atoms with E-state index >= 15 is 0 Å². The SMILES string of the molecule is Cc1nc([C@H]2CN(C3CCN(c4n[nH]c(N)n4)CC3)[C@@H](Cc3ccc(Cl)cc3)CO2)oc1C. The molecule has 0 amide bonds. The third-order valence-electron chi connectivity index (χ3n) is 6.75. The molecule has 0 saturated carbocycles. The normalized spacial score (nSPS) is 22.7. The van der Waals surface area contributed by atoms with Crippen molar-refractivity contribution in [1.82, 2.24) is 25.1 Å². The van der Waals surface area contributed by atoms with Crippen molar-refractivity contribution in [3.05, 3.63) is 52.2 Å². The first-order valence-corrected chi connectivity index (χ1v) is 11.8. The van der Waals surface area contributed by atoms with Gasteiger partial charge in [-0.1, -0.05) is 23.7 Å². The lowest BCUT2D eigenvalue weighted by atomic mass is 9.96. The van der Waals surface area contributed by atoms with Crippen LogP contribution >= 0.6 is 11.6 Å². The van der Waals surface area contributed by atoms with E-state index in [2.05, 4.69) is 42.1 Å². The Hall–Kier alpha value is -2.62. The molecule has 3 aromatic rings. The fourth-order valence-electron chi connectivity index (χ4n) is 4.82. The molecule has 0 aliphatic carbocycles. The molecule has 2 atom stereocenters. The van der Waals surface area contributed by atoms with Gasteiger partial charge in [-0.25, -0.2) is 10.1 Å². The van der Waals surface area contributed by atoms with Gasteiger partial charge in [0.2, 0.25) is 17.8 Å². The molecule has 2 aliphatic heterocycles. The largest absolute Gasteiger partial charge is 0.443 e. The summed E-state index contributed by atoms with van der Waals surface area (Å²) in [6.07, 6.45) is 2.78. The second-order valence-corrected chi connectivity index (χ2v) is 9.37. The minimum atomic E-state index is -0.162. The number of ether oxygens (including phenoxy) is 1. The zero-order chi connectivity index (χ0) is 22.9. The molecule has 10 heteroatoms. The van der Waals surface area contributed by atoms with Crippen molar-refractivity contribution in [3.63, 3.8) is 0 Å². The number of aryl methyl sites for hydroxylation is 2. The molecule has 5 rings (SSSR count). The van der Waals surface area contributed by atoms with Gasteiger partial charge in [0.15, 0.2) is 0 Å². The molecule has 0 spiro atoms. The van der Waals surface area contributed by atoms with E-state index in [9.17, 15) is 0 Å². The summed E-state index contributed by atoms with van der Waals surface area (Å²) in [6, 6.07) is 8.81. The summed E-state index contributed by atoms with van der Waals surface area (Å²) < 4.78 is 12.2. The number of rotatable bonds is 5. The third kappa shape index (κ3) is 4.85. The Bertz CT molecular complexity index is 1060. The number of morpholine rings is 1. The fraction of sp³-hybridized carbons (Fsp3) is 0.522. The first-order valence-electron chi connectivity index (χ1n) is 11.4. The molecule has 2 fully saturated rings. The Morgan fingerprint density at radius 2 is 1.91 bits per heavy atom. The van der Waals surface area contributed by atoms with Crippen molar-refractivity contribution in [2.75, 3.05) is 36.9 Å². The lowest BCUT2D eigenvalue weighted by Crippen LogP contribution is -2.55. The highest BCUT2D eigenvalue weighted by Crippen LogP contribution is 2.32. The standard InChI is InChI=1S/C23H30ClN7O2/c1-14-15(2)33-21(26-14)20-12-31(19(13-32-20)11-16-3-5-17(24)6-4-16)18-7-9-30(10-8-18)23-27-22(25)28-29-23/h3-6,18-20H,7-13H2,1-2H3,(H3,25,27,28,29)/t19-,20+/m0/s1. The predicted molar refractivity (Wildman–Crippen MR) is 126 cm³/mol. The van der Waals surface area contributed by atoms with Crippen LogP contribution in [0, 0.1) is 13.8 Å². The number of hydrogen-bond acceptors (Lipinski definition) is 8. The van der Waals surface area contributed by atoms with Crippen LogP contribution in [0.2, 0.25) is 5.02 Å². The highest BCUT2D eigenvalue weighted by Gasteiger charge is 2.38. The molecular formula is C23H30ClN7O2. The zero-order valence-electron chi connectivity index (χ0n) is 19.0. The number of aromatic nitrogens is 4. The molecule has 0 unspecified atom stereocenters. The van der Waals surface area contributed by atoms with Crippen LogP contribution < -0.4 is 10.6 Å². The molecule has 2 aliphatic rings. The van der Waals surface area contributed by atoms with Gasteiger partial charge in [-0.05, 0) is 50.8 Å². The average molecular weight is 472 g/mol. The number of halogens is 1. The highest BCUT2D eigenvalue weighted by molar-refractivity contribution is 6.30. The lowest BCUT2D eigenvalue weighted by molar-refractivity contribution is -0.0930. The van der Waals surface area contributed by atoms with E-state index in [1.54, 1.807) is 0 Å². The highest BCUT2D eigenvalue weighted by atomic mass is 35.5. The summed E-state index contributed by atoms with van der Waals surface area (Å²) in [5.41, 5.74) is 7.89. The van der Waals surface area contributed by atoms with Crippen LogP contribution in [0.25, 0.3) is 0 Å². The number of oxazole rings is 1. The van der Waals surface area contributed by atoms with Gasteiger partial charge in [-0.2, -0.15) is 4.98 Å². The fourth-order valence-corrected chi connectivity index (χ4v) is 4.95. The van der Waals surface area contributed by atoms with Gasteiger partial charge in [-0.3, -0.25) is 4.90 Å². The molecule has 3 N–H and O–H groups in total. The molecule has 1 aromatic carbocycles. The Balaban J connectivity index is 1.32. The van der Waals surface area contributed by atoms with Gasteiger partial charge in [0.05, 0.1) is 12.3 Å².